The molecule has 13 heavy (non-hydrogen) atoms. The summed E-state index contributed by atoms with van der Waals surface area (Å²) < 4.78 is 1.16. The normalized spacial score (nSPS) is 10.3. The van der Waals surface area contributed by atoms with Gasteiger partial charge in [0.15, 0.2) is 0 Å². The third-order valence-electron chi connectivity index (χ3n) is 1.76. The molecule has 5 heteroatoms. The Hall–Kier alpha value is -1.03. The zero-order valence-corrected chi connectivity index (χ0v) is 8.10. The van der Waals surface area contributed by atoms with Gasteiger partial charge in [0.2, 0.25) is 0 Å². The van der Waals surface area contributed by atoms with Crippen LogP contribution in [0.15, 0.2) is 15.8 Å². The zero-order chi connectivity index (χ0) is 9.84. The molecule has 1 N–H and O–H groups in total. The lowest BCUT2D eigenvalue weighted by atomic mass is 10.4. The van der Waals surface area contributed by atoms with Gasteiger partial charge in [-0.3, -0.25) is 9.36 Å². The highest BCUT2D eigenvalue weighted by Gasteiger charge is 2.02. The molecule has 72 valence electrons. The number of nitrogens with zero attached hydrogens (tertiary/aromatic N) is 1. The van der Waals surface area contributed by atoms with Crippen LogP contribution < -0.4 is 11.2 Å². The van der Waals surface area contributed by atoms with E-state index in [9.17, 15) is 9.59 Å². The molecule has 0 aliphatic rings. The first kappa shape index (κ1) is 10.1. The van der Waals surface area contributed by atoms with Crippen LogP contribution in [-0.2, 0) is 6.54 Å². The Morgan fingerprint density at radius 1 is 1.54 bits per heavy atom. The van der Waals surface area contributed by atoms with Crippen molar-refractivity contribution in [1.82, 2.24) is 9.55 Å². The van der Waals surface area contributed by atoms with E-state index in [0.29, 0.717) is 24.4 Å². The van der Waals surface area contributed by atoms with Crippen molar-refractivity contribution in [2.24, 2.45) is 0 Å². The molecular weight excluding hydrogens is 192 g/mol. The van der Waals surface area contributed by atoms with E-state index in [1.54, 1.807) is 6.92 Å². The maximum absolute atomic E-state index is 11.4. The average molecular weight is 203 g/mol. The van der Waals surface area contributed by atoms with Gasteiger partial charge >= 0.3 is 5.69 Å². The minimum Gasteiger partial charge on any atom is -0.314 e. The number of H-pyrrole nitrogens is 1. The first-order valence-corrected chi connectivity index (χ1v) is 4.55. The van der Waals surface area contributed by atoms with Gasteiger partial charge < -0.3 is 4.98 Å². The van der Waals surface area contributed by atoms with E-state index in [1.165, 1.54) is 6.20 Å². The standard InChI is InChI=1S/C8H11ClN2O2/c1-6-5-10-8(13)11(7(6)12)4-2-3-9/h5H,2-4H2,1H3,(H,10,13). The fourth-order valence-electron chi connectivity index (χ4n) is 1.04. The maximum atomic E-state index is 11.4. The molecule has 1 rings (SSSR count). The Morgan fingerprint density at radius 2 is 2.23 bits per heavy atom. The summed E-state index contributed by atoms with van der Waals surface area (Å²) in [5.41, 5.74) is -0.0799. The molecule has 4 nitrogen and oxygen atoms in total. The lowest BCUT2D eigenvalue weighted by Gasteiger charge is -2.02. The smallest absolute Gasteiger partial charge is 0.314 e. The predicted molar refractivity (Wildman–Crippen MR) is 51.4 cm³/mol. The molecule has 0 saturated heterocycles. The van der Waals surface area contributed by atoms with Crippen molar-refractivity contribution in [3.8, 4) is 0 Å². The van der Waals surface area contributed by atoms with Crippen molar-refractivity contribution < 1.29 is 0 Å². The molecule has 0 amide bonds. The van der Waals surface area contributed by atoms with E-state index in [4.69, 9.17) is 11.6 Å². The number of aromatic nitrogens is 2. The third-order valence-corrected chi connectivity index (χ3v) is 2.02. The number of hydrogen-bond acceptors (Lipinski definition) is 2. The van der Waals surface area contributed by atoms with Gasteiger partial charge in [-0.1, -0.05) is 0 Å². The summed E-state index contributed by atoms with van der Waals surface area (Å²) in [7, 11) is 0. The van der Waals surface area contributed by atoms with Crippen LogP contribution in [-0.4, -0.2) is 15.4 Å². The van der Waals surface area contributed by atoms with E-state index in [0.717, 1.165) is 4.57 Å². The number of nitrogens with one attached hydrogen (secondary N) is 1. The van der Waals surface area contributed by atoms with Gasteiger partial charge in [0.1, 0.15) is 0 Å². The van der Waals surface area contributed by atoms with Gasteiger partial charge in [-0.2, -0.15) is 0 Å². The number of alkyl halides is 1. The van der Waals surface area contributed by atoms with E-state index < -0.39 is 0 Å². The molecule has 1 aromatic heterocycles. The van der Waals surface area contributed by atoms with Crippen LogP contribution in [0.1, 0.15) is 12.0 Å². The van der Waals surface area contributed by atoms with Crippen LogP contribution in [0.4, 0.5) is 0 Å². The summed E-state index contributed by atoms with van der Waals surface area (Å²) >= 11 is 5.47. The molecule has 0 saturated carbocycles. The maximum Gasteiger partial charge on any atom is 0.328 e. The molecule has 0 aliphatic heterocycles. The first-order chi connectivity index (χ1) is 6.16. The van der Waals surface area contributed by atoms with Crippen LogP contribution in [0, 0.1) is 6.92 Å². The summed E-state index contributed by atoms with van der Waals surface area (Å²) in [5, 5.41) is 0. The predicted octanol–water partition coefficient (Wildman–Crippen LogP) is 0.474. The summed E-state index contributed by atoms with van der Waals surface area (Å²) in [6.07, 6.45) is 2.04. The molecule has 0 unspecified atom stereocenters. The molecule has 0 aromatic carbocycles. The largest absolute Gasteiger partial charge is 0.328 e. The van der Waals surface area contributed by atoms with Crippen LogP contribution in [0.25, 0.3) is 0 Å². The number of aryl methyl sites for hydroxylation is 1. The van der Waals surface area contributed by atoms with Crippen LogP contribution >= 0.6 is 11.6 Å². The second kappa shape index (κ2) is 4.28. The van der Waals surface area contributed by atoms with Gasteiger partial charge in [-0.25, -0.2) is 4.79 Å². The highest BCUT2D eigenvalue weighted by molar-refractivity contribution is 6.17. The summed E-state index contributed by atoms with van der Waals surface area (Å²) in [4.78, 5) is 25.0. The molecule has 0 spiro atoms. The minimum absolute atomic E-state index is 0.242. The molecule has 0 radical (unpaired) electrons. The summed E-state index contributed by atoms with van der Waals surface area (Å²) in [6, 6.07) is 0. The molecule has 1 heterocycles. The monoisotopic (exact) mass is 202 g/mol. The highest BCUT2D eigenvalue weighted by Crippen LogP contribution is 1.87. The van der Waals surface area contributed by atoms with Crippen molar-refractivity contribution in [1.29, 1.82) is 0 Å². The Kier molecular flexibility index (Phi) is 3.31. The number of hydrogen-bond donors (Lipinski definition) is 1. The van der Waals surface area contributed by atoms with Crippen molar-refractivity contribution in [2.45, 2.75) is 19.9 Å². The van der Waals surface area contributed by atoms with Crippen molar-refractivity contribution >= 4 is 11.6 Å². The Balaban J connectivity index is 3.11. The lowest BCUT2D eigenvalue weighted by Crippen LogP contribution is -2.36. The van der Waals surface area contributed by atoms with Gasteiger partial charge in [-0.15, -0.1) is 11.6 Å². The average Bonchev–Trinajstić information content (AvgIpc) is 2.12. The van der Waals surface area contributed by atoms with Gasteiger partial charge in [0.25, 0.3) is 5.56 Å². The van der Waals surface area contributed by atoms with E-state index in [2.05, 4.69) is 4.98 Å². The molecule has 1 aromatic rings. The topological polar surface area (TPSA) is 54.9 Å². The van der Waals surface area contributed by atoms with Gasteiger partial charge in [0.05, 0.1) is 0 Å². The van der Waals surface area contributed by atoms with Crippen LogP contribution in [0.5, 0.6) is 0 Å². The minimum atomic E-state index is -0.374. The van der Waals surface area contributed by atoms with E-state index in [1.807, 2.05) is 0 Å². The number of aromatic amines is 1. The first-order valence-electron chi connectivity index (χ1n) is 4.02. The van der Waals surface area contributed by atoms with Crippen molar-refractivity contribution in [3.05, 3.63) is 32.6 Å². The Morgan fingerprint density at radius 3 is 2.85 bits per heavy atom. The van der Waals surface area contributed by atoms with Crippen molar-refractivity contribution in [3.63, 3.8) is 0 Å². The van der Waals surface area contributed by atoms with Crippen LogP contribution in [0.3, 0.4) is 0 Å². The Labute approximate surface area is 80.2 Å². The number of halogens is 1. The second-order valence-corrected chi connectivity index (χ2v) is 3.15. The second-order valence-electron chi connectivity index (χ2n) is 2.78. The Bertz CT molecular complexity index is 394. The SMILES string of the molecule is Cc1c[nH]c(=O)n(CCCCl)c1=O. The number of rotatable bonds is 3. The molecule has 0 aliphatic carbocycles. The molecule has 0 bridgehead atoms. The fraction of sp³-hybridized carbons (Fsp3) is 0.500. The molecule has 0 atom stereocenters. The fourth-order valence-corrected chi connectivity index (χ4v) is 1.16. The third kappa shape index (κ3) is 2.21. The quantitative estimate of drug-likeness (QED) is 0.725. The molecular formula is C8H11ClN2O2. The van der Waals surface area contributed by atoms with Crippen LogP contribution in [0.2, 0.25) is 0 Å². The summed E-state index contributed by atoms with van der Waals surface area (Å²) in [6.45, 7) is 2.04. The van der Waals surface area contributed by atoms with E-state index >= 15 is 0 Å². The summed E-state index contributed by atoms with van der Waals surface area (Å²) in [5.74, 6) is 0.444. The van der Waals surface area contributed by atoms with Gasteiger partial charge in [0, 0.05) is 24.2 Å². The molecule has 0 fully saturated rings. The van der Waals surface area contributed by atoms with Gasteiger partial charge in [-0.05, 0) is 13.3 Å². The van der Waals surface area contributed by atoms with E-state index in [-0.39, 0.29) is 11.2 Å². The lowest BCUT2D eigenvalue weighted by molar-refractivity contribution is 0.613. The van der Waals surface area contributed by atoms with Crippen molar-refractivity contribution in [2.75, 3.05) is 5.88 Å². The highest BCUT2D eigenvalue weighted by atomic mass is 35.5. The zero-order valence-electron chi connectivity index (χ0n) is 7.34.